The van der Waals surface area contributed by atoms with E-state index in [1.807, 2.05) is 54.8 Å². The number of nitrogens with one attached hydrogen (secondary N) is 1. The number of carbonyl (C=O) groups excluding carboxylic acids is 1. The number of hydrogen-bond acceptors (Lipinski definition) is 5. The van der Waals surface area contributed by atoms with Gasteiger partial charge in [-0.25, -0.2) is 4.79 Å². The van der Waals surface area contributed by atoms with Crippen molar-refractivity contribution >= 4 is 35.2 Å². The molecule has 2 aromatic carbocycles. The standard InChI is InChI=1S/C23H25ClN4O3S/c1-13(2)20(22(30)31)25-19(29)12-32-23-27-26-21(16-6-5-7-17(24)11-16)28(23)18-10-14(3)8-9-15(18)4/h5-11,13,20H,12H2,1-4H3,(H,25,29)(H,30,31)/t20-/m0/s1. The Hall–Kier alpha value is -2.84. The molecule has 3 aromatic rings. The highest BCUT2D eigenvalue weighted by atomic mass is 35.5. The van der Waals surface area contributed by atoms with Crippen LogP contribution in [-0.2, 0) is 9.59 Å². The van der Waals surface area contributed by atoms with Gasteiger partial charge >= 0.3 is 5.97 Å². The number of carboxylic acids is 1. The van der Waals surface area contributed by atoms with Gasteiger partial charge in [0.25, 0.3) is 0 Å². The fourth-order valence-corrected chi connectivity index (χ4v) is 4.16. The van der Waals surface area contributed by atoms with E-state index in [0.29, 0.717) is 16.0 Å². The van der Waals surface area contributed by atoms with E-state index >= 15 is 0 Å². The number of hydrogen-bond donors (Lipinski definition) is 2. The largest absolute Gasteiger partial charge is 0.480 e. The fourth-order valence-electron chi connectivity index (χ4n) is 3.21. The molecule has 0 saturated carbocycles. The van der Waals surface area contributed by atoms with E-state index in [0.717, 1.165) is 22.4 Å². The number of aromatic nitrogens is 3. The number of amides is 1. The fraction of sp³-hybridized carbons (Fsp3) is 0.304. The first-order valence-corrected chi connectivity index (χ1v) is 11.5. The van der Waals surface area contributed by atoms with Gasteiger partial charge in [-0.15, -0.1) is 10.2 Å². The quantitative estimate of drug-likeness (QED) is 0.468. The predicted molar refractivity (Wildman–Crippen MR) is 126 cm³/mol. The summed E-state index contributed by atoms with van der Waals surface area (Å²) >= 11 is 7.40. The maximum Gasteiger partial charge on any atom is 0.326 e. The molecule has 3 rings (SSSR count). The Morgan fingerprint density at radius 2 is 1.91 bits per heavy atom. The summed E-state index contributed by atoms with van der Waals surface area (Å²) in [7, 11) is 0. The summed E-state index contributed by atoms with van der Waals surface area (Å²) < 4.78 is 1.91. The third-order valence-corrected chi connectivity index (χ3v) is 6.07. The van der Waals surface area contributed by atoms with Crippen LogP contribution in [0.4, 0.5) is 0 Å². The second-order valence-electron chi connectivity index (χ2n) is 7.86. The molecular formula is C23H25ClN4O3S. The number of carbonyl (C=O) groups is 2. The van der Waals surface area contributed by atoms with Crippen molar-refractivity contribution in [1.82, 2.24) is 20.1 Å². The molecular weight excluding hydrogens is 448 g/mol. The van der Waals surface area contributed by atoms with Gasteiger partial charge in [-0.3, -0.25) is 9.36 Å². The van der Waals surface area contributed by atoms with Gasteiger partial charge in [-0.05, 0) is 49.1 Å². The normalized spacial score (nSPS) is 12.1. The van der Waals surface area contributed by atoms with E-state index in [1.165, 1.54) is 11.8 Å². The summed E-state index contributed by atoms with van der Waals surface area (Å²) in [5.41, 5.74) is 3.80. The minimum absolute atomic E-state index is 0.00897. The Morgan fingerprint density at radius 3 is 2.56 bits per heavy atom. The number of carboxylic acid groups (broad SMARTS) is 1. The van der Waals surface area contributed by atoms with Crippen molar-refractivity contribution in [2.75, 3.05) is 5.75 Å². The second-order valence-corrected chi connectivity index (χ2v) is 9.24. The van der Waals surface area contributed by atoms with Crippen molar-refractivity contribution < 1.29 is 14.7 Å². The molecule has 2 N–H and O–H groups in total. The SMILES string of the molecule is Cc1ccc(C)c(-n2c(SCC(=O)N[C@H](C(=O)O)C(C)C)nnc2-c2cccc(Cl)c2)c1. The number of thioether (sulfide) groups is 1. The lowest BCUT2D eigenvalue weighted by molar-refractivity contribution is -0.142. The monoisotopic (exact) mass is 472 g/mol. The van der Waals surface area contributed by atoms with Gasteiger partial charge in [-0.1, -0.05) is 61.5 Å². The summed E-state index contributed by atoms with van der Waals surface area (Å²) in [4.78, 5) is 23.8. The summed E-state index contributed by atoms with van der Waals surface area (Å²) in [5, 5.41) is 21.7. The number of aryl methyl sites for hydroxylation is 2. The molecule has 0 saturated heterocycles. The molecule has 32 heavy (non-hydrogen) atoms. The lowest BCUT2D eigenvalue weighted by Gasteiger charge is -2.18. The van der Waals surface area contributed by atoms with Crippen molar-refractivity contribution in [3.63, 3.8) is 0 Å². The van der Waals surface area contributed by atoms with Gasteiger partial charge in [0, 0.05) is 10.6 Å². The van der Waals surface area contributed by atoms with Crippen molar-refractivity contribution in [2.45, 2.75) is 38.9 Å². The summed E-state index contributed by atoms with van der Waals surface area (Å²) in [6.07, 6.45) is 0. The van der Waals surface area contributed by atoms with E-state index in [4.69, 9.17) is 11.6 Å². The first kappa shape index (κ1) is 23.8. The van der Waals surface area contributed by atoms with Crippen molar-refractivity contribution in [2.24, 2.45) is 5.92 Å². The topological polar surface area (TPSA) is 97.1 Å². The van der Waals surface area contributed by atoms with Crippen LogP contribution in [0, 0.1) is 19.8 Å². The van der Waals surface area contributed by atoms with Gasteiger partial charge in [-0.2, -0.15) is 0 Å². The molecule has 0 bridgehead atoms. The number of aliphatic carboxylic acids is 1. The van der Waals surface area contributed by atoms with E-state index in [2.05, 4.69) is 15.5 Å². The van der Waals surface area contributed by atoms with Crippen LogP contribution in [-0.4, -0.2) is 43.5 Å². The number of rotatable bonds is 8. The Balaban J connectivity index is 1.95. The van der Waals surface area contributed by atoms with Gasteiger partial charge in [0.2, 0.25) is 5.91 Å². The summed E-state index contributed by atoms with van der Waals surface area (Å²) in [5.74, 6) is -1.05. The molecule has 1 heterocycles. The van der Waals surface area contributed by atoms with Crippen LogP contribution in [0.2, 0.25) is 5.02 Å². The minimum Gasteiger partial charge on any atom is -0.480 e. The highest BCUT2D eigenvalue weighted by Crippen LogP contribution is 2.31. The number of benzene rings is 2. The molecule has 1 aromatic heterocycles. The van der Waals surface area contributed by atoms with Gasteiger partial charge in [0.1, 0.15) is 6.04 Å². The van der Waals surface area contributed by atoms with Crippen molar-refractivity contribution in [3.8, 4) is 17.1 Å². The van der Waals surface area contributed by atoms with E-state index < -0.39 is 12.0 Å². The zero-order valence-electron chi connectivity index (χ0n) is 18.3. The van der Waals surface area contributed by atoms with Crippen LogP contribution in [0.3, 0.4) is 0 Å². The molecule has 1 amide bonds. The van der Waals surface area contributed by atoms with E-state index in [9.17, 15) is 14.7 Å². The van der Waals surface area contributed by atoms with E-state index in [1.54, 1.807) is 19.9 Å². The lowest BCUT2D eigenvalue weighted by atomic mass is 10.1. The number of nitrogens with zero attached hydrogens (tertiary/aromatic N) is 3. The third kappa shape index (κ3) is 5.49. The molecule has 9 heteroatoms. The zero-order valence-corrected chi connectivity index (χ0v) is 19.9. The van der Waals surface area contributed by atoms with Crippen LogP contribution in [0.15, 0.2) is 47.6 Å². The molecule has 0 radical (unpaired) electrons. The average molecular weight is 473 g/mol. The first-order chi connectivity index (χ1) is 15.2. The molecule has 0 aliphatic carbocycles. The molecule has 0 aliphatic heterocycles. The Labute approximate surface area is 196 Å². The second kappa shape index (κ2) is 10.2. The predicted octanol–water partition coefficient (Wildman–Crippen LogP) is 4.52. The van der Waals surface area contributed by atoms with Crippen LogP contribution in [0.5, 0.6) is 0 Å². The van der Waals surface area contributed by atoms with Crippen LogP contribution < -0.4 is 5.32 Å². The number of halogens is 1. The highest BCUT2D eigenvalue weighted by molar-refractivity contribution is 7.99. The van der Waals surface area contributed by atoms with E-state index in [-0.39, 0.29) is 17.6 Å². The van der Waals surface area contributed by atoms with Crippen LogP contribution >= 0.6 is 23.4 Å². The Morgan fingerprint density at radius 1 is 1.16 bits per heavy atom. The summed E-state index contributed by atoms with van der Waals surface area (Å²) in [6, 6.07) is 12.5. The van der Waals surface area contributed by atoms with Crippen molar-refractivity contribution in [1.29, 1.82) is 0 Å². The molecule has 168 valence electrons. The van der Waals surface area contributed by atoms with Gasteiger partial charge < -0.3 is 10.4 Å². The maximum absolute atomic E-state index is 12.5. The molecule has 0 fully saturated rings. The molecule has 7 nitrogen and oxygen atoms in total. The molecule has 1 atom stereocenters. The highest BCUT2D eigenvalue weighted by Gasteiger charge is 2.24. The zero-order chi connectivity index (χ0) is 23.4. The van der Waals surface area contributed by atoms with Gasteiger partial charge in [0.15, 0.2) is 11.0 Å². The van der Waals surface area contributed by atoms with Crippen LogP contribution in [0.1, 0.15) is 25.0 Å². The lowest BCUT2D eigenvalue weighted by Crippen LogP contribution is -2.45. The summed E-state index contributed by atoms with van der Waals surface area (Å²) in [6.45, 7) is 7.50. The van der Waals surface area contributed by atoms with Crippen molar-refractivity contribution in [3.05, 3.63) is 58.6 Å². The Bertz CT molecular complexity index is 1150. The third-order valence-electron chi connectivity index (χ3n) is 4.90. The first-order valence-electron chi connectivity index (χ1n) is 10.1. The van der Waals surface area contributed by atoms with Crippen LogP contribution in [0.25, 0.3) is 17.1 Å². The molecule has 0 unspecified atom stereocenters. The molecule has 0 spiro atoms. The maximum atomic E-state index is 12.5. The Kier molecular flexibility index (Phi) is 7.58. The minimum atomic E-state index is -1.06. The molecule has 0 aliphatic rings. The smallest absolute Gasteiger partial charge is 0.326 e. The van der Waals surface area contributed by atoms with Gasteiger partial charge in [0.05, 0.1) is 11.4 Å². The average Bonchev–Trinajstić information content (AvgIpc) is 3.15.